The van der Waals surface area contributed by atoms with Crippen molar-refractivity contribution in [2.24, 2.45) is 10.2 Å². The Balaban J connectivity index is 1.85. The van der Waals surface area contributed by atoms with Gasteiger partial charge in [0, 0.05) is 23.1 Å². The van der Waals surface area contributed by atoms with Crippen molar-refractivity contribution in [2.45, 2.75) is 26.7 Å². The number of aromatic amines is 1. The number of fused-ring (bicyclic) bond motifs is 3. The Morgan fingerprint density at radius 2 is 2.00 bits per heavy atom. The lowest BCUT2D eigenvalue weighted by molar-refractivity contribution is 0.555. The van der Waals surface area contributed by atoms with Crippen LogP contribution in [0.2, 0.25) is 0 Å². The van der Waals surface area contributed by atoms with E-state index in [-0.39, 0.29) is 10.1 Å². The Hall–Kier alpha value is -3.13. The number of hydrogen-bond acceptors (Lipinski definition) is 5. The maximum atomic E-state index is 14.6. The molecule has 0 saturated carbocycles. The summed E-state index contributed by atoms with van der Waals surface area (Å²) >= 11 is 1.17. The number of aryl methyl sites for hydroxylation is 1. The molecule has 0 fully saturated rings. The van der Waals surface area contributed by atoms with E-state index in [0.717, 1.165) is 29.0 Å². The highest BCUT2D eigenvalue weighted by atomic mass is 32.1. The van der Waals surface area contributed by atoms with E-state index >= 15 is 0 Å². The highest BCUT2D eigenvalue weighted by molar-refractivity contribution is 7.21. The molecule has 3 heterocycles. The number of aromatic nitrogens is 1. The topological polar surface area (TPSA) is 70.7 Å². The SMILES string of the molecule is CCc1c(C2=NN=C(C)Cc3cc4[nH]c(=O)oc4cc32)sc2c(F)ccc(F)c12. The van der Waals surface area contributed by atoms with Gasteiger partial charge in [-0.15, -0.1) is 16.4 Å². The number of nitrogens with zero attached hydrogens (tertiary/aromatic N) is 2. The molecule has 1 aliphatic rings. The maximum absolute atomic E-state index is 14.6. The lowest BCUT2D eigenvalue weighted by Gasteiger charge is -2.09. The number of oxazole rings is 1. The Labute approximate surface area is 167 Å². The van der Waals surface area contributed by atoms with Crippen molar-refractivity contribution in [1.82, 2.24) is 4.98 Å². The largest absolute Gasteiger partial charge is 0.417 e. The summed E-state index contributed by atoms with van der Waals surface area (Å²) in [6, 6.07) is 5.87. The molecule has 2 aromatic carbocycles. The van der Waals surface area contributed by atoms with Gasteiger partial charge in [0.25, 0.3) is 0 Å². The van der Waals surface area contributed by atoms with Crippen molar-refractivity contribution in [2.75, 3.05) is 0 Å². The molecule has 0 radical (unpaired) electrons. The minimum Gasteiger partial charge on any atom is -0.408 e. The van der Waals surface area contributed by atoms with Crippen molar-refractivity contribution < 1.29 is 13.2 Å². The molecule has 4 aromatic rings. The minimum atomic E-state index is -0.538. The van der Waals surface area contributed by atoms with Crippen LogP contribution in [-0.4, -0.2) is 16.4 Å². The molecular weight excluding hydrogens is 396 g/mol. The second-order valence-electron chi connectivity index (χ2n) is 6.98. The predicted octanol–water partition coefficient (Wildman–Crippen LogP) is 4.95. The lowest BCUT2D eigenvalue weighted by atomic mass is 9.95. The van der Waals surface area contributed by atoms with E-state index < -0.39 is 17.4 Å². The second kappa shape index (κ2) is 6.45. The van der Waals surface area contributed by atoms with E-state index in [1.54, 1.807) is 6.07 Å². The molecule has 0 bridgehead atoms. The summed E-state index contributed by atoms with van der Waals surface area (Å²) in [5, 5.41) is 9.02. The van der Waals surface area contributed by atoms with Crippen molar-refractivity contribution in [3.8, 4) is 0 Å². The second-order valence-corrected chi connectivity index (χ2v) is 8.00. The molecule has 5 nitrogen and oxygen atoms in total. The van der Waals surface area contributed by atoms with Crippen LogP contribution < -0.4 is 5.76 Å². The fourth-order valence-electron chi connectivity index (χ4n) is 3.80. The molecule has 0 atom stereocenters. The van der Waals surface area contributed by atoms with Gasteiger partial charge in [0.15, 0.2) is 5.58 Å². The summed E-state index contributed by atoms with van der Waals surface area (Å²) in [5.74, 6) is -1.46. The number of H-pyrrole nitrogens is 1. The first-order chi connectivity index (χ1) is 14.0. The first-order valence-corrected chi connectivity index (χ1v) is 9.95. The number of rotatable bonds is 2. The molecule has 8 heteroatoms. The smallest absolute Gasteiger partial charge is 0.408 e. The highest BCUT2D eigenvalue weighted by Gasteiger charge is 2.25. The summed E-state index contributed by atoms with van der Waals surface area (Å²) in [6.07, 6.45) is 1.05. The third-order valence-corrected chi connectivity index (χ3v) is 6.32. The van der Waals surface area contributed by atoms with Crippen LogP contribution in [0, 0.1) is 11.6 Å². The van der Waals surface area contributed by atoms with Gasteiger partial charge in [-0.3, -0.25) is 4.98 Å². The monoisotopic (exact) mass is 411 g/mol. The molecule has 146 valence electrons. The van der Waals surface area contributed by atoms with Gasteiger partial charge in [-0.25, -0.2) is 13.6 Å². The standard InChI is InChI=1S/C21H15F2N3O2S/c1-3-11-17-13(22)4-5-14(23)20(17)29-19(11)18-12-8-16-15(24-21(27)28-16)7-10(12)6-9(2)25-26-18/h4-5,7-8H,3,6H2,1-2H3,(H,24,27). The van der Waals surface area contributed by atoms with Crippen molar-refractivity contribution in [3.05, 3.63) is 68.0 Å². The normalized spacial score (nSPS) is 14.1. The van der Waals surface area contributed by atoms with Crippen molar-refractivity contribution in [1.29, 1.82) is 0 Å². The molecule has 2 aromatic heterocycles. The molecule has 5 rings (SSSR count). The fraction of sp³-hybridized carbons (Fsp3) is 0.190. The van der Waals surface area contributed by atoms with Crippen LogP contribution in [0.1, 0.15) is 35.4 Å². The first-order valence-electron chi connectivity index (χ1n) is 9.13. The summed E-state index contributed by atoms with van der Waals surface area (Å²) in [4.78, 5) is 15.0. The van der Waals surface area contributed by atoms with Crippen molar-refractivity contribution >= 4 is 43.9 Å². The fourth-order valence-corrected chi connectivity index (χ4v) is 5.11. The van der Waals surface area contributed by atoms with Gasteiger partial charge >= 0.3 is 5.76 Å². The van der Waals surface area contributed by atoms with Crippen LogP contribution in [0.5, 0.6) is 0 Å². The van der Waals surface area contributed by atoms with Gasteiger partial charge in [-0.05, 0) is 48.7 Å². The molecule has 0 amide bonds. The van der Waals surface area contributed by atoms with Crippen LogP contribution in [0.4, 0.5) is 8.78 Å². The molecule has 0 aliphatic carbocycles. The van der Waals surface area contributed by atoms with Crippen LogP contribution in [0.25, 0.3) is 21.2 Å². The third-order valence-electron chi connectivity index (χ3n) is 5.07. The molecular formula is C21H15F2N3O2S. The number of thiophene rings is 1. The molecule has 1 N–H and O–H groups in total. The maximum Gasteiger partial charge on any atom is 0.417 e. The molecule has 0 saturated heterocycles. The molecule has 0 unspecified atom stereocenters. The first kappa shape index (κ1) is 17.9. The highest BCUT2D eigenvalue weighted by Crippen LogP contribution is 2.38. The lowest BCUT2D eigenvalue weighted by Crippen LogP contribution is -2.07. The quantitative estimate of drug-likeness (QED) is 0.507. The third kappa shape index (κ3) is 2.74. The predicted molar refractivity (Wildman–Crippen MR) is 110 cm³/mol. The summed E-state index contributed by atoms with van der Waals surface area (Å²) in [5.41, 5.74) is 4.65. The Bertz CT molecular complexity index is 1430. The van der Waals surface area contributed by atoms with Gasteiger partial charge < -0.3 is 4.42 Å². The van der Waals surface area contributed by atoms with E-state index in [2.05, 4.69) is 15.2 Å². The molecule has 0 spiro atoms. The number of hydrogen-bond donors (Lipinski definition) is 1. The molecule has 29 heavy (non-hydrogen) atoms. The summed E-state index contributed by atoms with van der Waals surface area (Å²) in [7, 11) is 0. The Morgan fingerprint density at radius 3 is 2.79 bits per heavy atom. The van der Waals surface area contributed by atoms with E-state index in [0.29, 0.717) is 40.1 Å². The average Bonchev–Trinajstić information content (AvgIpc) is 3.20. The van der Waals surface area contributed by atoms with Crippen LogP contribution in [-0.2, 0) is 12.8 Å². The van der Waals surface area contributed by atoms with Gasteiger partial charge in [0.2, 0.25) is 0 Å². The Kier molecular flexibility index (Phi) is 3.99. The van der Waals surface area contributed by atoms with E-state index in [1.165, 1.54) is 11.3 Å². The minimum absolute atomic E-state index is 0.264. The summed E-state index contributed by atoms with van der Waals surface area (Å²) < 4.78 is 34.5. The number of nitrogens with one attached hydrogen (secondary N) is 1. The zero-order valence-electron chi connectivity index (χ0n) is 15.6. The van der Waals surface area contributed by atoms with Gasteiger partial charge in [0.1, 0.15) is 17.3 Å². The van der Waals surface area contributed by atoms with Crippen LogP contribution in [0.15, 0.2) is 43.7 Å². The zero-order chi connectivity index (χ0) is 20.3. The zero-order valence-corrected chi connectivity index (χ0v) is 16.4. The Morgan fingerprint density at radius 1 is 1.21 bits per heavy atom. The van der Waals surface area contributed by atoms with Crippen LogP contribution >= 0.6 is 11.3 Å². The van der Waals surface area contributed by atoms with Crippen LogP contribution in [0.3, 0.4) is 0 Å². The average molecular weight is 411 g/mol. The van der Waals surface area contributed by atoms with E-state index in [1.807, 2.05) is 19.9 Å². The van der Waals surface area contributed by atoms with Gasteiger partial charge in [0.05, 0.1) is 15.1 Å². The molecule has 1 aliphatic heterocycles. The van der Waals surface area contributed by atoms with Gasteiger partial charge in [-0.1, -0.05) is 6.92 Å². The van der Waals surface area contributed by atoms with E-state index in [4.69, 9.17) is 4.42 Å². The van der Waals surface area contributed by atoms with Crippen molar-refractivity contribution in [3.63, 3.8) is 0 Å². The number of benzene rings is 2. The number of halogens is 2. The van der Waals surface area contributed by atoms with Gasteiger partial charge in [-0.2, -0.15) is 5.10 Å². The van der Waals surface area contributed by atoms with E-state index in [9.17, 15) is 13.6 Å². The summed E-state index contributed by atoms with van der Waals surface area (Å²) in [6.45, 7) is 3.76.